The van der Waals surface area contributed by atoms with Crippen LogP contribution in [0, 0.1) is 11.6 Å². The molecule has 0 saturated carbocycles. The lowest BCUT2D eigenvalue weighted by molar-refractivity contribution is 0.415. The van der Waals surface area contributed by atoms with Gasteiger partial charge in [-0.2, -0.15) is 0 Å². The maximum absolute atomic E-state index is 13.1. The summed E-state index contributed by atoms with van der Waals surface area (Å²) < 4.78 is 86.3. The number of hydrogen-bond donors (Lipinski definition) is 2. The van der Waals surface area contributed by atoms with E-state index < -0.39 is 31.7 Å². The maximum Gasteiger partial charge on any atom is 0.261 e. The minimum absolute atomic E-state index is 0.0918. The highest BCUT2D eigenvalue weighted by Crippen LogP contribution is 2.31. The fourth-order valence-electron chi connectivity index (χ4n) is 2.46. The molecule has 11 heteroatoms. The average Bonchev–Trinajstić information content (AvgIpc) is 2.69. The number of rotatable bonds is 7. The lowest BCUT2D eigenvalue weighted by Gasteiger charge is -2.16. The van der Waals surface area contributed by atoms with E-state index >= 15 is 0 Å². The van der Waals surface area contributed by atoms with Crippen LogP contribution >= 0.6 is 0 Å². The molecule has 0 spiro atoms. The van der Waals surface area contributed by atoms with Gasteiger partial charge in [0.15, 0.2) is 0 Å². The van der Waals surface area contributed by atoms with E-state index in [4.69, 9.17) is 4.74 Å². The van der Waals surface area contributed by atoms with Crippen molar-refractivity contribution in [2.45, 2.75) is 9.79 Å². The van der Waals surface area contributed by atoms with E-state index in [9.17, 15) is 25.6 Å². The van der Waals surface area contributed by atoms with Gasteiger partial charge in [-0.05, 0) is 60.7 Å². The van der Waals surface area contributed by atoms with E-state index in [1.807, 2.05) is 0 Å². The highest BCUT2D eigenvalue weighted by molar-refractivity contribution is 7.93. The van der Waals surface area contributed by atoms with Gasteiger partial charge in [-0.1, -0.05) is 0 Å². The minimum Gasteiger partial charge on any atom is -0.497 e. The second kappa shape index (κ2) is 8.28. The normalized spacial score (nSPS) is 11.7. The molecule has 158 valence electrons. The molecule has 3 aromatic rings. The number of ether oxygens (including phenoxy) is 1. The molecule has 0 aliphatic carbocycles. The van der Waals surface area contributed by atoms with E-state index in [1.165, 1.54) is 25.3 Å². The standard InChI is InChI=1S/C19H16F2N2O5S2/c1-28-15-6-11-18(22-29(24,25)16-7-2-13(20)3-8-16)19(12-15)23-30(26,27)17-9-4-14(21)5-10-17/h2-12,22-23H,1H3. The minimum atomic E-state index is -4.16. The Morgan fingerprint density at radius 2 is 1.10 bits per heavy atom. The van der Waals surface area contributed by atoms with E-state index in [2.05, 4.69) is 9.44 Å². The Labute approximate surface area is 172 Å². The van der Waals surface area contributed by atoms with Crippen molar-refractivity contribution in [2.75, 3.05) is 16.6 Å². The largest absolute Gasteiger partial charge is 0.497 e. The Morgan fingerprint density at radius 3 is 1.53 bits per heavy atom. The van der Waals surface area contributed by atoms with Gasteiger partial charge in [-0.25, -0.2) is 25.6 Å². The molecule has 0 aliphatic heterocycles. The van der Waals surface area contributed by atoms with Crippen LogP contribution in [0.2, 0.25) is 0 Å². The van der Waals surface area contributed by atoms with Crippen molar-refractivity contribution in [2.24, 2.45) is 0 Å². The predicted octanol–water partition coefficient (Wildman–Crippen LogP) is 3.58. The van der Waals surface area contributed by atoms with Crippen LogP contribution in [0.25, 0.3) is 0 Å². The van der Waals surface area contributed by atoms with Crippen LogP contribution in [0.15, 0.2) is 76.5 Å². The van der Waals surface area contributed by atoms with Gasteiger partial charge in [0, 0.05) is 6.07 Å². The van der Waals surface area contributed by atoms with Crippen LogP contribution in [-0.2, 0) is 20.0 Å². The quantitative estimate of drug-likeness (QED) is 0.568. The molecule has 0 fully saturated rings. The van der Waals surface area contributed by atoms with Crippen molar-refractivity contribution < 1.29 is 30.4 Å². The van der Waals surface area contributed by atoms with Gasteiger partial charge >= 0.3 is 0 Å². The smallest absolute Gasteiger partial charge is 0.261 e. The molecule has 0 aliphatic rings. The third kappa shape index (κ3) is 4.86. The highest BCUT2D eigenvalue weighted by Gasteiger charge is 2.21. The molecule has 0 bridgehead atoms. The number of hydrogen-bond acceptors (Lipinski definition) is 5. The van der Waals surface area contributed by atoms with Crippen LogP contribution < -0.4 is 14.2 Å². The Hall–Kier alpha value is -3.18. The van der Waals surface area contributed by atoms with Gasteiger partial charge in [0.1, 0.15) is 17.4 Å². The van der Waals surface area contributed by atoms with Crippen LogP contribution in [0.4, 0.5) is 20.2 Å². The number of sulfonamides is 2. The fourth-order valence-corrected chi connectivity index (χ4v) is 4.61. The Bertz CT molecular complexity index is 1260. The summed E-state index contributed by atoms with van der Waals surface area (Å²) in [6.45, 7) is 0. The van der Waals surface area contributed by atoms with Gasteiger partial charge in [-0.15, -0.1) is 0 Å². The number of anilines is 2. The molecular weight excluding hydrogens is 438 g/mol. The fraction of sp³-hybridized carbons (Fsp3) is 0.0526. The van der Waals surface area contributed by atoms with Crippen molar-refractivity contribution in [3.05, 3.63) is 78.4 Å². The van der Waals surface area contributed by atoms with E-state index in [0.717, 1.165) is 48.5 Å². The molecule has 0 aromatic heterocycles. The monoisotopic (exact) mass is 454 g/mol. The molecule has 3 rings (SSSR count). The first-order valence-corrected chi connectivity index (χ1v) is 11.3. The van der Waals surface area contributed by atoms with E-state index in [-0.39, 0.29) is 26.9 Å². The highest BCUT2D eigenvalue weighted by atomic mass is 32.2. The number of benzene rings is 3. The summed E-state index contributed by atoms with van der Waals surface area (Å²) in [5, 5.41) is 0. The molecule has 0 heterocycles. The third-order valence-corrected chi connectivity index (χ3v) is 6.73. The molecule has 7 nitrogen and oxygen atoms in total. The summed E-state index contributed by atoms with van der Waals surface area (Å²) in [5.41, 5.74) is -0.213. The Balaban J connectivity index is 1.98. The first-order chi connectivity index (χ1) is 14.1. The average molecular weight is 454 g/mol. The molecule has 30 heavy (non-hydrogen) atoms. The van der Waals surface area contributed by atoms with Crippen LogP contribution in [-0.4, -0.2) is 23.9 Å². The molecule has 0 radical (unpaired) electrons. The van der Waals surface area contributed by atoms with Crippen molar-refractivity contribution in [1.82, 2.24) is 0 Å². The van der Waals surface area contributed by atoms with Crippen LogP contribution in [0.3, 0.4) is 0 Å². The van der Waals surface area contributed by atoms with Crippen molar-refractivity contribution in [3.8, 4) is 5.75 Å². The number of halogens is 2. The maximum atomic E-state index is 13.1. The SMILES string of the molecule is COc1ccc(NS(=O)(=O)c2ccc(F)cc2)c(NS(=O)(=O)c2ccc(F)cc2)c1. The van der Waals surface area contributed by atoms with Crippen LogP contribution in [0.5, 0.6) is 5.75 Å². The summed E-state index contributed by atoms with van der Waals surface area (Å²) in [4.78, 5) is -0.439. The molecule has 3 aromatic carbocycles. The first-order valence-electron chi connectivity index (χ1n) is 8.35. The molecule has 0 saturated heterocycles. The van der Waals surface area contributed by atoms with Gasteiger partial charge < -0.3 is 4.74 Å². The first kappa shape index (κ1) is 21.5. The number of methoxy groups -OCH3 is 1. The van der Waals surface area contributed by atoms with Gasteiger partial charge in [0.25, 0.3) is 20.0 Å². The number of nitrogens with one attached hydrogen (secondary N) is 2. The van der Waals surface area contributed by atoms with Crippen molar-refractivity contribution in [3.63, 3.8) is 0 Å². The Morgan fingerprint density at radius 1 is 0.667 bits per heavy atom. The van der Waals surface area contributed by atoms with Gasteiger partial charge in [0.05, 0.1) is 28.3 Å². The second-order valence-electron chi connectivity index (χ2n) is 6.03. The zero-order valence-electron chi connectivity index (χ0n) is 15.5. The molecule has 0 atom stereocenters. The van der Waals surface area contributed by atoms with E-state index in [1.54, 1.807) is 0 Å². The summed E-state index contributed by atoms with van der Waals surface area (Å²) in [6, 6.07) is 12.2. The molecule has 0 amide bonds. The lowest BCUT2D eigenvalue weighted by atomic mass is 10.2. The van der Waals surface area contributed by atoms with Crippen LogP contribution in [0.1, 0.15) is 0 Å². The Kier molecular flexibility index (Phi) is 5.94. The summed E-state index contributed by atoms with van der Waals surface area (Å²) in [6.07, 6.45) is 0. The van der Waals surface area contributed by atoms with E-state index in [0.29, 0.717) is 0 Å². The summed E-state index contributed by atoms with van der Waals surface area (Å²) >= 11 is 0. The van der Waals surface area contributed by atoms with Crippen molar-refractivity contribution >= 4 is 31.4 Å². The summed E-state index contributed by atoms with van der Waals surface area (Å²) in [7, 11) is -6.94. The molecular formula is C19H16F2N2O5S2. The second-order valence-corrected chi connectivity index (χ2v) is 9.40. The zero-order chi connectivity index (χ0) is 21.9. The molecule has 2 N–H and O–H groups in total. The topological polar surface area (TPSA) is 102 Å². The lowest BCUT2D eigenvalue weighted by Crippen LogP contribution is -2.17. The summed E-state index contributed by atoms with van der Waals surface area (Å²) in [5.74, 6) is -0.953. The van der Waals surface area contributed by atoms with Gasteiger partial charge in [0.2, 0.25) is 0 Å². The molecule has 0 unspecified atom stereocenters. The van der Waals surface area contributed by atoms with Crippen molar-refractivity contribution in [1.29, 1.82) is 0 Å². The zero-order valence-corrected chi connectivity index (χ0v) is 17.1. The van der Waals surface area contributed by atoms with Gasteiger partial charge in [-0.3, -0.25) is 9.44 Å². The third-order valence-electron chi connectivity index (χ3n) is 3.96. The predicted molar refractivity (Wildman–Crippen MR) is 107 cm³/mol.